The number of aromatic hydroxyl groups is 3. The Morgan fingerprint density at radius 2 is 1.10 bits per heavy atom. The normalized spacial score (nSPS) is 10.5. The predicted octanol–water partition coefficient (Wildman–Crippen LogP) is 4.14. The zero-order valence-electron chi connectivity index (χ0n) is 11.2. The highest BCUT2D eigenvalue weighted by Gasteiger charge is 2.10. The van der Waals surface area contributed by atoms with Crippen LogP contribution in [0.5, 0.6) is 17.2 Å². The number of rotatable bonds is 2. The van der Waals surface area contributed by atoms with Crippen LogP contribution in [-0.2, 0) is 0 Å². The molecule has 3 rings (SSSR count). The molecule has 3 heteroatoms. The maximum Gasteiger partial charge on any atom is 0.165 e. The maximum atomic E-state index is 9.97. The molecule has 0 saturated carbocycles. The van der Waals surface area contributed by atoms with E-state index in [4.69, 9.17) is 0 Å². The summed E-state index contributed by atoms with van der Waals surface area (Å²) in [4.78, 5) is 0. The van der Waals surface area contributed by atoms with Gasteiger partial charge in [-0.05, 0) is 29.3 Å². The van der Waals surface area contributed by atoms with E-state index in [1.54, 1.807) is 24.3 Å². The first-order valence-electron chi connectivity index (χ1n) is 6.56. The Balaban J connectivity index is 2.13. The Hall–Kier alpha value is -2.94. The van der Waals surface area contributed by atoms with E-state index >= 15 is 0 Å². The molecule has 0 fully saturated rings. The first kappa shape index (κ1) is 13.1. The molecular formula is C18H14O3. The molecule has 0 aliphatic carbocycles. The van der Waals surface area contributed by atoms with E-state index < -0.39 is 0 Å². The molecule has 3 N–H and O–H groups in total. The molecular weight excluding hydrogens is 264 g/mol. The minimum atomic E-state index is -0.152. The third kappa shape index (κ3) is 2.41. The first-order valence-corrected chi connectivity index (χ1v) is 6.56. The van der Waals surface area contributed by atoms with Crippen molar-refractivity contribution in [1.82, 2.24) is 0 Å². The summed E-state index contributed by atoms with van der Waals surface area (Å²) < 4.78 is 0. The summed E-state index contributed by atoms with van der Waals surface area (Å²) in [6, 6.07) is 19.4. The lowest BCUT2D eigenvalue weighted by Crippen LogP contribution is -1.83. The second-order valence-electron chi connectivity index (χ2n) is 4.77. The molecule has 0 aromatic heterocycles. The van der Waals surface area contributed by atoms with Gasteiger partial charge in [-0.2, -0.15) is 0 Å². The standard InChI is InChI=1S/C18H14O3/c19-16-9-2-1-7-14(16)12-5-3-6-13(11-12)15-8-4-10-17(20)18(15)21/h1-11,19-21H. The number of hydrogen-bond acceptors (Lipinski definition) is 3. The van der Waals surface area contributed by atoms with Gasteiger partial charge in [-0.1, -0.05) is 48.5 Å². The van der Waals surface area contributed by atoms with Crippen molar-refractivity contribution in [2.75, 3.05) is 0 Å². The van der Waals surface area contributed by atoms with Crippen molar-refractivity contribution in [1.29, 1.82) is 0 Å². The van der Waals surface area contributed by atoms with E-state index in [-0.39, 0.29) is 17.2 Å². The van der Waals surface area contributed by atoms with E-state index in [2.05, 4.69) is 0 Å². The molecule has 0 saturated heterocycles. The molecule has 0 unspecified atom stereocenters. The highest BCUT2D eigenvalue weighted by molar-refractivity contribution is 5.79. The molecule has 0 spiro atoms. The number of phenolic OH excluding ortho intramolecular Hbond substituents is 3. The molecule has 0 bridgehead atoms. The number of para-hydroxylation sites is 2. The first-order chi connectivity index (χ1) is 10.2. The van der Waals surface area contributed by atoms with Crippen LogP contribution in [0.2, 0.25) is 0 Å². The van der Waals surface area contributed by atoms with Crippen molar-refractivity contribution in [3.8, 4) is 39.5 Å². The maximum absolute atomic E-state index is 9.97. The molecule has 3 nitrogen and oxygen atoms in total. The Morgan fingerprint density at radius 1 is 0.524 bits per heavy atom. The molecule has 21 heavy (non-hydrogen) atoms. The lowest BCUT2D eigenvalue weighted by molar-refractivity contribution is 0.405. The summed E-state index contributed by atoms with van der Waals surface area (Å²) in [6.07, 6.45) is 0. The molecule has 104 valence electrons. The van der Waals surface area contributed by atoms with Crippen molar-refractivity contribution >= 4 is 0 Å². The second-order valence-corrected chi connectivity index (χ2v) is 4.77. The summed E-state index contributed by atoms with van der Waals surface area (Å²) in [5, 5.41) is 29.5. The second kappa shape index (κ2) is 5.21. The van der Waals surface area contributed by atoms with E-state index in [1.807, 2.05) is 36.4 Å². The van der Waals surface area contributed by atoms with Crippen LogP contribution in [0.1, 0.15) is 0 Å². The molecule has 3 aromatic carbocycles. The Morgan fingerprint density at radius 3 is 1.86 bits per heavy atom. The average molecular weight is 278 g/mol. The number of benzene rings is 3. The fraction of sp³-hybridized carbons (Fsp3) is 0. The third-order valence-electron chi connectivity index (χ3n) is 3.40. The highest BCUT2D eigenvalue weighted by Crippen LogP contribution is 2.38. The van der Waals surface area contributed by atoms with Gasteiger partial charge in [0, 0.05) is 11.1 Å². The third-order valence-corrected chi connectivity index (χ3v) is 3.40. The van der Waals surface area contributed by atoms with E-state index in [1.165, 1.54) is 6.07 Å². The van der Waals surface area contributed by atoms with Crippen molar-refractivity contribution in [2.45, 2.75) is 0 Å². The van der Waals surface area contributed by atoms with Crippen LogP contribution in [0.15, 0.2) is 66.7 Å². The summed E-state index contributed by atoms with van der Waals surface area (Å²) in [6.45, 7) is 0. The van der Waals surface area contributed by atoms with E-state index in [0.717, 1.165) is 16.7 Å². The molecule has 0 radical (unpaired) electrons. The largest absolute Gasteiger partial charge is 0.507 e. The molecule has 0 atom stereocenters. The van der Waals surface area contributed by atoms with Gasteiger partial charge in [0.1, 0.15) is 5.75 Å². The zero-order valence-corrected chi connectivity index (χ0v) is 11.2. The highest BCUT2D eigenvalue weighted by atomic mass is 16.3. The van der Waals surface area contributed by atoms with Crippen LogP contribution in [0.4, 0.5) is 0 Å². The molecule has 0 heterocycles. The van der Waals surface area contributed by atoms with Crippen LogP contribution in [-0.4, -0.2) is 15.3 Å². The van der Waals surface area contributed by atoms with Gasteiger partial charge >= 0.3 is 0 Å². The van der Waals surface area contributed by atoms with Crippen LogP contribution < -0.4 is 0 Å². The predicted molar refractivity (Wildman–Crippen MR) is 82.3 cm³/mol. The van der Waals surface area contributed by atoms with Crippen molar-refractivity contribution in [3.05, 3.63) is 66.7 Å². The topological polar surface area (TPSA) is 60.7 Å². The van der Waals surface area contributed by atoms with Gasteiger partial charge in [-0.3, -0.25) is 0 Å². The number of phenols is 3. The summed E-state index contributed by atoms with van der Waals surface area (Å²) in [5.41, 5.74) is 2.88. The smallest absolute Gasteiger partial charge is 0.165 e. The van der Waals surface area contributed by atoms with Gasteiger partial charge in [0.25, 0.3) is 0 Å². The lowest BCUT2D eigenvalue weighted by atomic mass is 9.98. The molecule has 0 aliphatic heterocycles. The molecule has 3 aromatic rings. The van der Waals surface area contributed by atoms with Gasteiger partial charge in [0.05, 0.1) is 0 Å². The van der Waals surface area contributed by atoms with Gasteiger partial charge in [0.15, 0.2) is 11.5 Å². The summed E-state index contributed by atoms with van der Waals surface area (Å²) in [7, 11) is 0. The zero-order chi connectivity index (χ0) is 14.8. The molecule has 0 aliphatic rings. The SMILES string of the molecule is Oc1ccccc1-c1cccc(-c2cccc(O)c2O)c1. The van der Waals surface area contributed by atoms with E-state index in [9.17, 15) is 15.3 Å². The fourth-order valence-corrected chi connectivity index (χ4v) is 2.34. The van der Waals surface area contributed by atoms with Crippen molar-refractivity contribution < 1.29 is 15.3 Å². The van der Waals surface area contributed by atoms with Crippen molar-refractivity contribution in [2.24, 2.45) is 0 Å². The van der Waals surface area contributed by atoms with Gasteiger partial charge < -0.3 is 15.3 Å². The molecule has 0 amide bonds. The van der Waals surface area contributed by atoms with Crippen molar-refractivity contribution in [3.63, 3.8) is 0 Å². The Labute approximate surface area is 122 Å². The Bertz CT molecular complexity index is 794. The van der Waals surface area contributed by atoms with E-state index in [0.29, 0.717) is 5.56 Å². The fourth-order valence-electron chi connectivity index (χ4n) is 2.34. The van der Waals surface area contributed by atoms with Crippen LogP contribution in [0.25, 0.3) is 22.3 Å². The minimum absolute atomic E-state index is 0.146. The van der Waals surface area contributed by atoms with Gasteiger partial charge in [-0.25, -0.2) is 0 Å². The van der Waals surface area contributed by atoms with Gasteiger partial charge in [-0.15, -0.1) is 0 Å². The monoisotopic (exact) mass is 278 g/mol. The van der Waals surface area contributed by atoms with Crippen LogP contribution in [0.3, 0.4) is 0 Å². The van der Waals surface area contributed by atoms with Gasteiger partial charge in [0.2, 0.25) is 0 Å². The number of hydrogen-bond donors (Lipinski definition) is 3. The Kier molecular flexibility index (Phi) is 3.24. The minimum Gasteiger partial charge on any atom is -0.507 e. The summed E-state index contributed by atoms with van der Waals surface area (Å²) >= 11 is 0. The summed E-state index contributed by atoms with van der Waals surface area (Å²) in [5.74, 6) is -0.0952. The van der Waals surface area contributed by atoms with Crippen LogP contribution in [0, 0.1) is 0 Å². The quantitative estimate of drug-likeness (QED) is 0.617. The average Bonchev–Trinajstić information content (AvgIpc) is 2.51. The lowest BCUT2D eigenvalue weighted by Gasteiger charge is -2.09. The van der Waals surface area contributed by atoms with Crippen LogP contribution >= 0.6 is 0 Å².